The van der Waals surface area contributed by atoms with Gasteiger partial charge < -0.3 is 0 Å². The van der Waals surface area contributed by atoms with Crippen molar-refractivity contribution in [3.8, 4) is 0 Å². The monoisotopic (exact) mass is 414 g/mol. The second-order valence-corrected chi connectivity index (χ2v) is 7.07. The van der Waals surface area contributed by atoms with Gasteiger partial charge in [0, 0.05) is 0 Å². The van der Waals surface area contributed by atoms with Gasteiger partial charge in [-0.05, 0) is 48.5 Å². The Balaban J connectivity index is 0.00000256. The van der Waals surface area contributed by atoms with Crippen molar-refractivity contribution in [2.75, 3.05) is 0 Å². The van der Waals surface area contributed by atoms with Crippen LogP contribution in [0.5, 0.6) is 0 Å². The van der Waals surface area contributed by atoms with Gasteiger partial charge in [0.1, 0.15) is 29.4 Å². The smallest absolute Gasteiger partial charge is 0.207 e. The Morgan fingerprint density at radius 2 is 0.500 bits per heavy atom. The van der Waals surface area contributed by atoms with Crippen LogP contribution in [0.2, 0.25) is 0 Å². The van der Waals surface area contributed by atoms with E-state index in [1.807, 2.05) is 0 Å². The number of hydrogen-bond acceptors (Lipinski definition) is 0. The van der Waals surface area contributed by atoms with Crippen molar-refractivity contribution in [2.45, 2.75) is 0 Å². The first-order chi connectivity index (χ1) is 14.0. The van der Waals surface area contributed by atoms with Gasteiger partial charge >= 0.3 is 29.6 Å². The summed E-state index contributed by atoms with van der Waals surface area (Å²) in [5.41, 5.74) is 2.99. The van der Waals surface area contributed by atoms with E-state index < -0.39 is 29.4 Å². The molecule has 0 saturated heterocycles. The maximum Gasteiger partial charge on any atom is 1.00 e. The van der Waals surface area contributed by atoms with Crippen molar-refractivity contribution in [1.29, 1.82) is 0 Å². The molecule has 0 heterocycles. The van der Waals surface area contributed by atoms with Crippen molar-refractivity contribution < 1.29 is 47.1 Å². The molecule has 4 aromatic carbocycles. The predicted octanol–water partition coefficient (Wildman–Crippen LogP) is 0.624. The van der Waals surface area contributed by atoms with Gasteiger partial charge in [0.2, 0.25) is 0 Å². The molecule has 0 aliphatic carbocycles. The molecule has 30 heavy (non-hydrogen) atoms. The third-order valence-corrected chi connectivity index (χ3v) is 5.48. The van der Waals surface area contributed by atoms with E-state index in [1.54, 1.807) is 48.5 Å². The Kier molecular flexibility index (Phi) is 6.86. The number of hydrogen-bond donors (Lipinski definition) is 0. The third kappa shape index (κ3) is 4.11. The third-order valence-electron chi connectivity index (χ3n) is 5.48. The van der Waals surface area contributed by atoms with Gasteiger partial charge in [-0.3, -0.25) is 0 Å². The van der Waals surface area contributed by atoms with Gasteiger partial charge in [0.25, 0.3) is 0 Å². The number of rotatable bonds is 4. The van der Waals surface area contributed by atoms with Crippen LogP contribution < -0.4 is 51.4 Å². The molecule has 0 bridgehead atoms. The second-order valence-electron chi connectivity index (χ2n) is 7.07. The van der Waals surface area contributed by atoms with Gasteiger partial charge in [0.15, 0.2) is 0 Å². The van der Waals surface area contributed by atoms with Crippen LogP contribution in [-0.4, -0.2) is 6.15 Å². The topological polar surface area (TPSA) is 0 Å². The van der Waals surface area contributed by atoms with Crippen LogP contribution in [0.15, 0.2) is 97.1 Å². The van der Waals surface area contributed by atoms with Crippen LogP contribution in [0.25, 0.3) is 0 Å². The second kappa shape index (κ2) is 9.21. The summed E-state index contributed by atoms with van der Waals surface area (Å²) in [5.74, 6) is -1.57. The minimum atomic E-state index is -1.94. The zero-order chi connectivity index (χ0) is 20.4. The van der Waals surface area contributed by atoms with Crippen molar-refractivity contribution in [3.05, 3.63) is 120 Å². The molecule has 0 N–H and O–H groups in total. The molecular weight excluding hydrogens is 398 g/mol. The van der Waals surface area contributed by atoms with E-state index in [9.17, 15) is 17.6 Å². The largest absolute Gasteiger partial charge is 1.00 e. The molecular formula is C24H16BF4Na. The molecule has 0 unspecified atom stereocenters. The van der Waals surface area contributed by atoms with E-state index in [2.05, 4.69) is 0 Å². The Labute approximate surface area is 194 Å². The van der Waals surface area contributed by atoms with Crippen molar-refractivity contribution >= 4 is 28.0 Å². The SMILES string of the molecule is Fc1ccc([B-](c2ccc(F)cc2)(c2ccc(F)cc2)c2ccc(F)cc2)cc1.[Na+]. The van der Waals surface area contributed by atoms with Gasteiger partial charge in [-0.15, -0.1) is 0 Å². The summed E-state index contributed by atoms with van der Waals surface area (Å²) in [6, 6.07) is 24.1. The minimum absolute atomic E-state index is 0. The molecule has 0 saturated carbocycles. The maximum absolute atomic E-state index is 13.7. The normalized spacial score (nSPS) is 11.1. The Hall–Kier alpha value is -2.34. The first kappa shape index (κ1) is 22.4. The zero-order valence-electron chi connectivity index (χ0n) is 16.3. The summed E-state index contributed by atoms with van der Waals surface area (Å²) in [7, 11) is 0. The molecule has 0 aromatic heterocycles. The Bertz CT molecular complexity index is 922. The average Bonchev–Trinajstić information content (AvgIpc) is 2.73. The zero-order valence-corrected chi connectivity index (χ0v) is 18.3. The summed E-state index contributed by atoms with van der Waals surface area (Å²) in [6.07, 6.45) is -1.94. The van der Waals surface area contributed by atoms with Gasteiger partial charge in [0.05, 0.1) is 0 Å². The quantitative estimate of drug-likeness (QED) is 0.340. The molecule has 0 amide bonds. The Morgan fingerprint density at radius 1 is 0.333 bits per heavy atom. The molecule has 0 nitrogen and oxygen atoms in total. The van der Waals surface area contributed by atoms with E-state index in [4.69, 9.17) is 0 Å². The number of benzene rings is 4. The van der Waals surface area contributed by atoms with Crippen LogP contribution in [0.1, 0.15) is 0 Å². The summed E-state index contributed by atoms with van der Waals surface area (Å²) in [4.78, 5) is 0. The van der Waals surface area contributed by atoms with E-state index in [0.29, 0.717) is 0 Å². The first-order valence-corrected chi connectivity index (χ1v) is 9.20. The maximum atomic E-state index is 13.7. The van der Waals surface area contributed by atoms with E-state index in [-0.39, 0.29) is 29.6 Å². The van der Waals surface area contributed by atoms with Crippen LogP contribution in [0, 0.1) is 23.3 Å². The fourth-order valence-electron chi connectivity index (χ4n) is 4.16. The minimum Gasteiger partial charge on any atom is -0.207 e. The molecule has 0 aliphatic heterocycles. The van der Waals surface area contributed by atoms with Gasteiger partial charge in [-0.25, -0.2) is 17.6 Å². The summed E-state index contributed by atoms with van der Waals surface area (Å²) < 4.78 is 54.8. The van der Waals surface area contributed by atoms with E-state index in [0.717, 1.165) is 21.9 Å². The average molecular weight is 414 g/mol. The molecule has 4 aromatic rings. The fraction of sp³-hybridized carbons (Fsp3) is 0. The fourth-order valence-corrected chi connectivity index (χ4v) is 4.16. The van der Waals surface area contributed by atoms with Gasteiger partial charge in [-0.1, -0.05) is 48.5 Å². The van der Waals surface area contributed by atoms with Crippen molar-refractivity contribution in [2.24, 2.45) is 0 Å². The standard InChI is InChI=1S/C24H16BF4.Na/c26-21-9-1-17(2-10-21)25(18-3-11-22(27)12-4-18,19-5-13-23(28)14-6-19)20-7-15-24(29)16-8-20;/h1-16H;/q-1;+1. The van der Waals surface area contributed by atoms with Gasteiger partial charge in [-0.2, -0.15) is 21.9 Å². The van der Waals surface area contributed by atoms with Crippen molar-refractivity contribution in [3.63, 3.8) is 0 Å². The van der Waals surface area contributed by atoms with Crippen LogP contribution in [0.3, 0.4) is 0 Å². The first-order valence-electron chi connectivity index (χ1n) is 9.20. The molecule has 4 rings (SSSR count). The van der Waals surface area contributed by atoms with E-state index >= 15 is 0 Å². The molecule has 0 aliphatic rings. The molecule has 0 spiro atoms. The summed E-state index contributed by atoms with van der Waals surface area (Å²) in [6.45, 7) is 0. The summed E-state index contributed by atoms with van der Waals surface area (Å²) >= 11 is 0. The Morgan fingerprint density at radius 3 is 0.667 bits per heavy atom. The summed E-state index contributed by atoms with van der Waals surface area (Å²) in [5, 5.41) is 0. The van der Waals surface area contributed by atoms with Crippen molar-refractivity contribution in [1.82, 2.24) is 0 Å². The van der Waals surface area contributed by atoms with E-state index in [1.165, 1.54) is 48.5 Å². The van der Waals surface area contributed by atoms with Crippen LogP contribution in [0.4, 0.5) is 17.6 Å². The molecule has 0 fully saturated rings. The molecule has 6 heteroatoms. The molecule has 144 valence electrons. The molecule has 0 radical (unpaired) electrons. The van der Waals surface area contributed by atoms with Crippen LogP contribution in [-0.2, 0) is 0 Å². The number of halogens is 4. The van der Waals surface area contributed by atoms with Crippen LogP contribution >= 0.6 is 0 Å². The predicted molar refractivity (Wildman–Crippen MR) is 110 cm³/mol. The molecule has 0 atom stereocenters.